The number of ether oxygens (including phenoxy) is 1. The molecular formula is C26H19F5O. The van der Waals surface area contributed by atoms with Crippen molar-refractivity contribution in [2.24, 2.45) is 0 Å². The Labute approximate surface area is 182 Å². The van der Waals surface area contributed by atoms with Crippen molar-refractivity contribution in [3.63, 3.8) is 0 Å². The highest BCUT2D eigenvalue weighted by atomic mass is 19.4. The SMILES string of the molecule is CCCc1ccc2cc(-c3cc(F)c(-c4ccc(OC(F)(F)F)cc4)c(F)c3)ccc2c1. The molecule has 0 atom stereocenters. The van der Waals surface area contributed by atoms with Crippen molar-refractivity contribution >= 4 is 10.8 Å². The van der Waals surface area contributed by atoms with Crippen LogP contribution in [0.4, 0.5) is 22.0 Å². The van der Waals surface area contributed by atoms with E-state index in [1.54, 1.807) is 0 Å². The second-order valence-electron chi connectivity index (χ2n) is 7.53. The summed E-state index contributed by atoms with van der Waals surface area (Å²) in [6.45, 7) is 2.12. The molecule has 0 bridgehead atoms. The quantitative estimate of drug-likeness (QED) is 0.283. The highest BCUT2D eigenvalue weighted by Crippen LogP contribution is 2.34. The van der Waals surface area contributed by atoms with Crippen LogP contribution in [-0.2, 0) is 6.42 Å². The van der Waals surface area contributed by atoms with E-state index in [4.69, 9.17) is 0 Å². The van der Waals surface area contributed by atoms with E-state index in [-0.39, 0.29) is 11.1 Å². The van der Waals surface area contributed by atoms with Gasteiger partial charge in [-0.15, -0.1) is 13.2 Å². The molecule has 0 aliphatic rings. The Morgan fingerprint density at radius 1 is 0.688 bits per heavy atom. The van der Waals surface area contributed by atoms with E-state index in [1.165, 1.54) is 29.8 Å². The van der Waals surface area contributed by atoms with Crippen LogP contribution in [0.3, 0.4) is 0 Å². The van der Waals surface area contributed by atoms with E-state index >= 15 is 0 Å². The van der Waals surface area contributed by atoms with Crippen molar-refractivity contribution in [3.05, 3.63) is 90.0 Å². The van der Waals surface area contributed by atoms with Gasteiger partial charge in [0.25, 0.3) is 0 Å². The van der Waals surface area contributed by atoms with Gasteiger partial charge in [0.1, 0.15) is 17.4 Å². The third kappa shape index (κ3) is 4.74. The Morgan fingerprint density at radius 2 is 1.28 bits per heavy atom. The summed E-state index contributed by atoms with van der Waals surface area (Å²) in [4.78, 5) is 0. The van der Waals surface area contributed by atoms with E-state index < -0.39 is 23.7 Å². The summed E-state index contributed by atoms with van der Waals surface area (Å²) in [5.74, 6) is -2.07. The Balaban J connectivity index is 1.66. The zero-order chi connectivity index (χ0) is 22.9. The number of benzene rings is 4. The van der Waals surface area contributed by atoms with E-state index in [9.17, 15) is 22.0 Å². The lowest BCUT2D eigenvalue weighted by Crippen LogP contribution is -2.16. The van der Waals surface area contributed by atoms with Gasteiger partial charge in [0.15, 0.2) is 0 Å². The molecule has 0 saturated carbocycles. The van der Waals surface area contributed by atoms with E-state index in [1.807, 2.05) is 30.3 Å². The first-order valence-corrected chi connectivity index (χ1v) is 10.1. The second kappa shape index (κ2) is 8.61. The largest absolute Gasteiger partial charge is 0.573 e. The summed E-state index contributed by atoms with van der Waals surface area (Å²) in [5.41, 5.74) is 2.08. The van der Waals surface area contributed by atoms with Gasteiger partial charge in [-0.1, -0.05) is 55.8 Å². The molecule has 0 fully saturated rings. The molecule has 0 aromatic heterocycles. The van der Waals surface area contributed by atoms with Gasteiger partial charge in [0.05, 0.1) is 5.56 Å². The van der Waals surface area contributed by atoms with Crippen LogP contribution in [0.1, 0.15) is 18.9 Å². The number of alkyl halides is 3. The molecule has 0 N–H and O–H groups in total. The average Bonchev–Trinajstić information content (AvgIpc) is 2.73. The minimum absolute atomic E-state index is 0.114. The second-order valence-corrected chi connectivity index (χ2v) is 7.53. The summed E-state index contributed by atoms with van der Waals surface area (Å²) in [7, 11) is 0. The molecule has 0 saturated heterocycles. The van der Waals surface area contributed by atoms with Crippen molar-refractivity contribution in [1.29, 1.82) is 0 Å². The number of rotatable bonds is 5. The van der Waals surface area contributed by atoms with Crippen molar-refractivity contribution < 1.29 is 26.7 Å². The topological polar surface area (TPSA) is 9.23 Å². The summed E-state index contributed by atoms with van der Waals surface area (Å²) in [5, 5.41) is 2.02. The molecule has 0 radical (unpaired) electrons. The summed E-state index contributed by atoms with van der Waals surface area (Å²) < 4.78 is 70.4. The van der Waals surface area contributed by atoms with E-state index in [2.05, 4.69) is 17.7 Å². The van der Waals surface area contributed by atoms with Gasteiger partial charge in [-0.3, -0.25) is 0 Å². The van der Waals surface area contributed by atoms with Gasteiger partial charge in [-0.05, 0) is 69.8 Å². The van der Waals surface area contributed by atoms with Crippen LogP contribution in [-0.4, -0.2) is 6.36 Å². The third-order valence-electron chi connectivity index (χ3n) is 5.20. The van der Waals surface area contributed by atoms with Crippen molar-refractivity contribution in [1.82, 2.24) is 0 Å². The lowest BCUT2D eigenvalue weighted by Gasteiger charge is -2.12. The number of hydrogen-bond donors (Lipinski definition) is 0. The van der Waals surface area contributed by atoms with Crippen LogP contribution in [0.25, 0.3) is 33.0 Å². The highest BCUT2D eigenvalue weighted by Gasteiger charge is 2.31. The van der Waals surface area contributed by atoms with Gasteiger partial charge < -0.3 is 4.74 Å². The average molecular weight is 442 g/mol. The van der Waals surface area contributed by atoms with Gasteiger partial charge in [-0.25, -0.2) is 8.78 Å². The fourth-order valence-electron chi connectivity index (χ4n) is 3.76. The standard InChI is InChI=1S/C26H19F5O/c1-2-3-16-4-5-19-13-20(7-6-18(19)12-16)21-14-23(27)25(24(28)15-21)17-8-10-22(11-9-17)32-26(29,30)31/h4-15H,2-3H2,1H3. The highest BCUT2D eigenvalue weighted by molar-refractivity contribution is 5.88. The minimum atomic E-state index is -4.84. The summed E-state index contributed by atoms with van der Waals surface area (Å²) >= 11 is 0. The maximum atomic E-state index is 14.9. The molecule has 0 spiro atoms. The molecule has 4 rings (SSSR count). The lowest BCUT2D eigenvalue weighted by atomic mass is 9.96. The normalized spacial score (nSPS) is 11.7. The van der Waals surface area contributed by atoms with Gasteiger partial charge in [0, 0.05) is 0 Å². The first-order valence-electron chi connectivity index (χ1n) is 10.1. The molecule has 164 valence electrons. The maximum Gasteiger partial charge on any atom is 0.573 e. The van der Waals surface area contributed by atoms with Crippen LogP contribution >= 0.6 is 0 Å². The molecular weight excluding hydrogens is 423 g/mol. The predicted octanol–water partition coefficient (Wildman–Crippen LogP) is 8.30. The molecule has 0 unspecified atom stereocenters. The molecule has 32 heavy (non-hydrogen) atoms. The Morgan fingerprint density at radius 3 is 1.91 bits per heavy atom. The lowest BCUT2D eigenvalue weighted by molar-refractivity contribution is -0.274. The first-order chi connectivity index (χ1) is 15.2. The zero-order valence-corrected chi connectivity index (χ0v) is 17.1. The Kier molecular flexibility index (Phi) is 5.87. The number of hydrogen-bond acceptors (Lipinski definition) is 1. The zero-order valence-electron chi connectivity index (χ0n) is 17.1. The van der Waals surface area contributed by atoms with E-state index in [0.717, 1.165) is 35.7 Å². The van der Waals surface area contributed by atoms with Crippen LogP contribution in [0, 0.1) is 11.6 Å². The Bertz CT molecular complexity index is 1240. The number of fused-ring (bicyclic) bond motifs is 1. The fourth-order valence-corrected chi connectivity index (χ4v) is 3.76. The van der Waals surface area contributed by atoms with Crippen LogP contribution in [0.5, 0.6) is 5.75 Å². The van der Waals surface area contributed by atoms with Crippen molar-refractivity contribution in [2.75, 3.05) is 0 Å². The number of aryl methyl sites for hydroxylation is 1. The third-order valence-corrected chi connectivity index (χ3v) is 5.20. The van der Waals surface area contributed by atoms with E-state index in [0.29, 0.717) is 11.1 Å². The monoisotopic (exact) mass is 442 g/mol. The van der Waals surface area contributed by atoms with Gasteiger partial charge in [0.2, 0.25) is 0 Å². The molecule has 6 heteroatoms. The van der Waals surface area contributed by atoms with Crippen molar-refractivity contribution in [3.8, 4) is 28.0 Å². The van der Waals surface area contributed by atoms with Gasteiger partial charge >= 0.3 is 6.36 Å². The van der Waals surface area contributed by atoms with Crippen LogP contribution < -0.4 is 4.74 Å². The fraction of sp³-hybridized carbons (Fsp3) is 0.154. The smallest absolute Gasteiger partial charge is 0.406 e. The van der Waals surface area contributed by atoms with Crippen molar-refractivity contribution in [2.45, 2.75) is 26.1 Å². The predicted molar refractivity (Wildman–Crippen MR) is 115 cm³/mol. The summed E-state index contributed by atoms with van der Waals surface area (Å²) in [6, 6.07) is 18.6. The Hall–Kier alpha value is -3.41. The van der Waals surface area contributed by atoms with Gasteiger partial charge in [-0.2, -0.15) is 0 Å². The van der Waals surface area contributed by atoms with Crippen LogP contribution in [0.15, 0.2) is 72.8 Å². The maximum absolute atomic E-state index is 14.9. The molecule has 1 nitrogen and oxygen atoms in total. The summed E-state index contributed by atoms with van der Waals surface area (Å²) in [6.07, 6.45) is -2.80. The van der Waals surface area contributed by atoms with Crippen LogP contribution in [0.2, 0.25) is 0 Å². The molecule has 0 amide bonds. The first kappa shape index (κ1) is 21.8. The molecule has 0 aliphatic carbocycles. The number of halogens is 5. The molecule has 4 aromatic rings. The molecule has 0 aliphatic heterocycles. The molecule has 0 heterocycles. The minimum Gasteiger partial charge on any atom is -0.406 e. The molecule has 4 aromatic carbocycles.